The van der Waals surface area contributed by atoms with E-state index in [1.807, 2.05) is 0 Å². The predicted octanol–water partition coefficient (Wildman–Crippen LogP) is 3.95. The van der Waals surface area contributed by atoms with Crippen molar-refractivity contribution < 1.29 is 28.5 Å². The fourth-order valence-electron chi connectivity index (χ4n) is 2.46. The Balaban J connectivity index is 2.36. The molecule has 10 heteroatoms. The smallest absolute Gasteiger partial charge is 0.276 e. The van der Waals surface area contributed by atoms with Gasteiger partial charge in [-0.3, -0.25) is 9.59 Å². The van der Waals surface area contributed by atoms with Gasteiger partial charge < -0.3 is 18.9 Å². The van der Waals surface area contributed by atoms with Gasteiger partial charge in [0.25, 0.3) is 5.91 Å². The van der Waals surface area contributed by atoms with E-state index in [-0.39, 0.29) is 5.69 Å². The third-order valence-corrected chi connectivity index (χ3v) is 4.38. The molecule has 9 nitrogen and oxygen atoms in total. The lowest BCUT2D eigenvalue weighted by Gasteiger charge is -2.19. The predicted molar refractivity (Wildman–Crippen MR) is 111 cm³/mol. The fourth-order valence-corrected chi connectivity index (χ4v) is 2.68. The summed E-state index contributed by atoms with van der Waals surface area (Å²) < 4.78 is 21.5. The first-order chi connectivity index (χ1) is 14.3. The molecular formula is C20H22ClN3O6. The number of carbonyl (C=O) groups is 2. The number of halogens is 1. The number of methoxy groups -OCH3 is 4. The number of anilines is 1. The van der Waals surface area contributed by atoms with Gasteiger partial charge in [0.2, 0.25) is 6.04 Å². The van der Waals surface area contributed by atoms with Gasteiger partial charge in [-0.2, -0.15) is 10.2 Å². The Morgan fingerprint density at radius 1 is 0.900 bits per heavy atom. The molecule has 2 aromatic rings. The fraction of sp³-hybridized carbons (Fsp3) is 0.300. The molecule has 0 bridgehead atoms. The van der Waals surface area contributed by atoms with E-state index in [2.05, 4.69) is 10.2 Å². The number of nitrogens with zero attached hydrogens (tertiary/aromatic N) is 3. The van der Waals surface area contributed by atoms with E-state index < -0.39 is 17.7 Å². The molecule has 2 rings (SSSR count). The number of rotatable bonds is 9. The van der Waals surface area contributed by atoms with Crippen molar-refractivity contribution in [3.8, 4) is 23.0 Å². The van der Waals surface area contributed by atoms with Gasteiger partial charge in [0.05, 0.1) is 34.1 Å². The van der Waals surface area contributed by atoms with Gasteiger partial charge in [0.1, 0.15) is 28.7 Å². The average Bonchev–Trinajstić information content (AvgIpc) is 2.77. The van der Waals surface area contributed by atoms with E-state index in [1.165, 1.54) is 41.4 Å². The summed E-state index contributed by atoms with van der Waals surface area (Å²) >= 11 is 6.24. The number of carbonyl (C=O) groups excluding carboxylic acids is 2. The van der Waals surface area contributed by atoms with Crippen LogP contribution in [0.25, 0.3) is 0 Å². The minimum absolute atomic E-state index is 0.202. The highest BCUT2D eigenvalue weighted by Gasteiger charge is 2.30. The zero-order chi connectivity index (χ0) is 22.3. The van der Waals surface area contributed by atoms with Gasteiger partial charge in [-0.15, -0.1) is 0 Å². The van der Waals surface area contributed by atoms with Crippen LogP contribution < -0.4 is 23.4 Å². The second-order valence-electron chi connectivity index (χ2n) is 5.96. The Hall–Kier alpha value is -3.33. The number of ketones is 1. The van der Waals surface area contributed by atoms with Crippen molar-refractivity contribution in [1.29, 1.82) is 0 Å². The number of hydrogen-bond acceptors (Lipinski definition) is 8. The molecule has 1 amide bonds. The molecular weight excluding hydrogens is 414 g/mol. The van der Waals surface area contributed by atoms with E-state index in [9.17, 15) is 9.59 Å². The minimum Gasteiger partial charge on any atom is -0.497 e. The highest BCUT2D eigenvalue weighted by Crippen LogP contribution is 2.34. The van der Waals surface area contributed by atoms with Crippen molar-refractivity contribution in [3.63, 3.8) is 0 Å². The molecule has 0 aromatic heterocycles. The summed E-state index contributed by atoms with van der Waals surface area (Å²) in [5, 5.41) is 7.91. The lowest BCUT2D eigenvalue weighted by Crippen LogP contribution is -2.36. The first-order valence-corrected chi connectivity index (χ1v) is 9.04. The number of ether oxygens (including phenoxy) is 4. The van der Waals surface area contributed by atoms with Gasteiger partial charge in [-0.1, -0.05) is 0 Å². The number of benzene rings is 2. The van der Waals surface area contributed by atoms with Gasteiger partial charge in [0, 0.05) is 36.0 Å². The maximum atomic E-state index is 12.9. The topological polar surface area (TPSA) is 99.0 Å². The number of amides is 1. The van der Waals surface area contributed by atoms with Crippen LogP contribution in [-0.2, 0) is 9.59 Å². The van der Waals surface area contributed by atoms with Crippen molar-refractivity contribution >= 4 is 34.8 Å². The van der Waals surface area contributed by atoms with Crippen molar-refractivity contribution in [2.45, 2.75) is 13.0 Å². The van der Waals surface area contributed by atoms with Crippen molar-refractivity contribution in [2.75, 3.05) is 32.9 Å². The van der Waals surface area contributed by atoms with Crippen LogP contribution in [0.1, 0.15) is 6.92 Å². The van der Waals surface area contributed by atoms with Gasteiger partial charge in [0.15, 0.2) is 5.78 Å². The standard InChI is InChI=1S/C20H22ClN3O6/c1-12(25)19(23-22-13-8-15(28-3)10-16(9-13)29-4)20(26)24(21)17-11-14(27-2)6-7-18(17)30-5/h6-11,19H,1-5H3. The lowest BCUT2D eigenvalue weighted by atomic mass is 10.2. The molecule has 0 aliphatic heterocycles. The molecule has 0 radical (unpaired) electrons. The molecule has 1 unspecified atom stereocenters. The Labute approximate surface area is 179 Å². The summed E-state index contributed by atoms with van der Waals surface area (Å²) in [6, 6.07) is 8.09. The Kier molecular flexibility index (Phi) is 7.99. The quantitative estimate of drug-likeness (QED) is 0.336. The molecule has 30 heavy (non-hydrogen) atoms. The summed E-state index contributed by atoms with van der Waals surface area (Å²) in [5.41, 5.74) is 0.540. The summed E-state index contributed by atoms with van der Waals surface area (Å²) in [4.78, 5) is 25.0. The zero-order valence-corrected chi connectivity index (χ0v) is 18.0. The van der Waals surface area contributed by atoms with Crippen LogP contribution in [0.15, 0.2) is 46.6 Å². The van der Waals surface area contributed by atoms with Crippen LogP contribution >= 0.6 is 11.8 Å². The first-order valence-electron chi connectivity index (χ1n) is 8.70. The minimum atomic E-state index is -1.46. The molecule has 1 atom stereocenters. The first kappa shape index (κ1) is 23.0. The van der Waals surface area contributed by atoms with E-state index in [1.54, 1.807) is 30.3 Å². The molecule has 0 fully saturated rings. The van der Waals surface area contributed by atoms with Gasteiger partial charge >= 0.3 is 0 Å². The third-order valence-electron chi connectivity index (χ3n) is 4.03. The Bertz CT molecular complexity index is 928. The largest absolute Gasteiger partial charge is 0.497 e. The maximum absolute atomic E-state index is 12.9. The highest BCUT2D eigenvalue weighted by atomic mass is 35.5. The molecule has 0 saturated heterocycles. The SMILES string of the molecule is COc1cc(N=NC(C(C)=O)C(=O)N(Cl)c2cc(OC)ccc2OC)cc(OC)c1. The molecule has 160 valence electrons. The molecule has 0 saturated carbocycles. The monoisotopic (exact) mass is 435 g/mol. The molecule has 0 spiro atoms. The van der Waals surface area contributed by atoms with Crippen LogP contribution in [0.2, 0.25) is 0 Å². The van der Waals surface area contributed by atoms with Crippen LogP contribution in [0, 0.1) is 0 Å². The van der Waals surface area contributed by atoms with Crippen molar-refractivity contribution in [3.05, 3.63) is 36.4 Å². The molecule has 0 heterocycles. The normalized spacial score (nSPS) is 11.7. The summed E-state index contributed by atoms with van der Waals surface area (Å²) in [5.74, 6) is 0.397. The molecule has 0 N–H and O–H groups in total. The average molecular weight is 436 g/mol. The van der Waals surface area contributed by atoms with Gasteiger partial charge in [-0.25, -0.2) is 4.42 Å². The highest BCUT2D eigenvalue weighted by molar-refractivity contribution is 6.39. The Morgan fingerprint density at radius 3 is 2.00 bits per heavy atom. The molecule has 0 aliphatic rings. The second kappa shape index (κ2) is 10.4. The maximum Gasteiger partial charge on any atom is 0.276 e. The van der Waals surface area contributed by atoms with Crippen LogP contribution in [-0.4, -0.2) is 46.2 Å². The van der Waals surface area contributed by atoms with E-state index in [0.29, 0.717) is 28.7 Å². The van der Waals surface area contributed by atoms with Crippen molar-refractivity contribution in [1.82, 2.24) is 0 Å². The second-order valence-corrected chi connectivity index (χ2v) is 6.29. The summed E-state index contributed by atoms with van der Waals surface area (Å²) in [6.45, 7) is 1.22. The van der Waals surface area contributed by atoms with Gasteiger partial charge in [-0.05, 0) is 19.1 Å². The number of azo groups is 1. The zero-order valence-electron chi connectivity index (χ0n) is 17.2. The summed E-state index contributed by atoms with van der Waals surface area (Å²) in [7, 11) is 5.88. The van der Waals surface area contributed by atoms with E-state index in [0.717, 1.165) is 4.42 Å². The van der Waals surface area contributed by atoms with Crippen LogP contribution in [0.3, 0.4) is 0 Å². The van der Waals surface area contributed by atoms with Crippen LogP contribution in [0.4, 0.5) is 11.4 Å². The van der Waals surface area contributed by atoms with E-state index >= 15 is 0 Å². The number of Topliss-reactive ketones (excluding diaryl/α,β-unsaturated/α-hetero) is 1. The number of hydrogen-bond donors (Lipinski definition) is 0. The Morgan fingerprint density at radius 2 is 1.50 bits per heavy atom. The lowest BCUT2D eigenvalue weighted by molar-refractivity contribution is -0.126. The third kappa shape index (κ3) is 5.38. The van der Waals surface area contributed by atoms with Crippen LogP contribution in [0.5, 0.6) is 23.0 Å². The summed E-state index contributed by atoms with van der Waals surface area (Å²) in [6.07, 6.45) is 0. The van der Waals surface area contributed by atoms with E-state index in [4.69, 9.17) is 30.7 Å². The molecule has 0 aliphatic carbocycles. The molecule has 2 aromatic carbocycles. The van der Waals surface area contributed by atoms with Crippen molar-refractivity contribution in [2.24, 2.45) is 10.2 Å².